The van der Waals surface area contributed by atoms with Crippen LogP contribution in [0, 0.1) is 0 Å². The number of rotatable bonds is 44. The summed E-state index contributed by atoms with van der Waals surface area (Å²) in [7, 11) is 0. The fourth-order valence-electron chi connectivity index (χ4n) is 8.36. The molecule has 1 rings (SSSR count). The van der Waals surface area contributed by atoms with Gasteiger partial charge in [-0.2, -0.15) is 0 Å². The van der Waals surface area contributed by atoms with E-state index >= 15 is 0 Å². The maximum Gasteiger partial charge on any atom is 0.249 e. The summed E-state index contributed by atoms with van der Waals surface area (Å²) in [5.41, 5.74) is 0. The zero-order valence-electron chi connectivity index (χ0n) is 40.0. The molecule has 1 aliphatic rings. The monoisotopic (exact) mass is 882 g/mol. The molecule has 7 N–H and O–H groups in total. The minimum Gasteiger partial charge on any atom is -0.394 e. The first-order valence-electron chi connectivity index (χ1n) is 26.2. The number of carbonyl (C=O) groups excluding carboxylic acids is 1. The standard InChI is InChI=1S/C52H99NO9/c1-3-5-7-9-11-13-15-17-18-19-20-21-22-23-24-25-26-27-29-31-33-35-37-39-41-46(56)51(60)53-44(43-61-52-50(59)49(58)48(57)47(42-54)62-52)45(55)40-38-36-34-32-30-28-16-14-12-10-8-6-4-2/h30,32,38,40,44-50,52,54-59H,3-29,31,33-37,39,41-43H2,1-2H3,(H,53,60)/b32-30+,40-38+. The van der Waals surface area contributed by atoms with Gasteiger partial charge in [0.05, 0.1) is 25.4 Å². The van der Waals surface area contributed by atoms with Crippen molar-refractivity contribution in [1.82, 2.24) is 5.32 Å². The Morgan fingerprint density at radius 1 is 0.548 bits per heavy atom. The predicted octanol–water partition coefficient (Wildman–Crippen LogP) is 10.8. The molecule has 10 nitrogen and oxygen atoms in total. The third-order valence-electron chi connectivity index (χ3n) is 12.6. The number of ether oxygens (including phenoxy) is 2. The van der Waals surface area contributed by atoms with Crippen LogP contribution in [0.2, 0.25) is 0 Å². The van der Waals surface area contributed by atoms with Gasteiger partial charge in [0.1, 0.15) is 30.5 Å². The summed E-state index contributed by atoms with van der Waals surface area (Å²) in [6.07, 6.45) is 41.4. The second-order valence-electron chi connectivity index (χ2n) is 18.5. The van der Waals surface area contributed by atoms with Gasteiger partial charge in [0.2, 0.25) is 5.91 Å². The third-order valence-corrected chi connectivity index (χ3v) is 12.6. The van der Waals surface area contributed by atoms with Crippen LogP contribution in [-0.2, 0) is 14.3 Å². The summed E-state index contributed by atoms with van der Waals surface area (Å²) in [5.74, 6) is -0.623. The molecule has 1 heterocycles. The molecular weight excluding hydrogens is 783 g/mol. The Labute approximate surface area is 380 Å². The van der Waals surface area contributed by atoms with Gasteiger partial charge in [-0.1, -0.05) is 231 Å². The van der Waals surface area contributed by atoms with Crippen molar-refractivity contribution in [2.75, 3.05) is 13.2 Å². The first-order valence-corrected chi connectivity index (χ1v) is 26.2. The molecule has 10 heteroatoms. The van der Waals surface area contributed by atoms with Crippen molar-refractivity contribution in [3.8, 4) is 0 Å². The molecule has 8 unspecified atom stereocenters. The highest BCUT2D eigenvalue weighted by atomic mass is 16.7. The highest BCUT2D eigenvalue weighted by Crippen LogP contribution is 2.23. The molecule has 8 atom stereocenters. The molecule has 1 amide bonds. The van der Waals surface area contributed by atoms with E-state index in [-0.39, 0.29) is 6.61 Å². The van der Waals surface area contributed by atoms with Gasteiger partial charge >= 0.3 is 0 Å². The second-order valence-corrected chi connectivity index (χ2v) is 18.5. The van der Waals surface area contributed by atoms with Crippen molar-refractivity contribution in [1.29, 1.82) is 0 Å². The highest BCUT2D eigenvalue weighted by Gasteiger charge is 2.44. The Balaban J connectivity index is 2.28. The molecule has 1 saturated heterocycles. The van der Waals surface area contributed by atoms with Crippen LogP contribution in [0.5, 0.6) is 0 Å². The van der Waals surface area contributed by atoms with Crippen molar-refractivity contribution >= 4 is 5.91 Å². The molecule has 1 fully saturated rings. The average molecular weight is 882 g/mol. The van der Waals surface area contributed by atoms with Crippen LogP contribution in [-0.4, -0.2) is 98.7 Å². The van der Waals surface area contributed by atoms with Gasteiger partial charge in [-0.15, -0.1) is 0 Å². The Morgan fingerprint density at radius 2 is 0.952 bits per heavy atom. The third kappa shape index (κ3) is 31.5. The molecule has 0 aromatic rings. The summed E-state index contributed by atoms with van der Waals surface area (Å²) in [6.45, 7) is 3.60. The fourth-order valence-corrected chi connectivity index (χ4v) is 8.36. The molecule has 0 aromatic heterocycles. The zero-order valence-corrected chi connectivity index (χ0v) is 40.0. The molecule has 0 saturated carbocycles. The fraction of sp³-hybridized carbons (Fsp3) is 0.904. The molecule has 0 spiro atoms. The molecular formula is C52H99NO9. The minimum absolute atomic E-state index is 0.308. The average Bonchev–Trinajstić information content (AvgIpc) is 3.27. The topological polar surface area (TPSA) is 169 Å². The summed E-state index contributed by atoms with van der Waals surface area (Å²) in [6, 6.07) is -0.993. The number of nitrogens with one attached hydrogen (secondary N) is 1. The first-order chi connectivity index (χ1) is 30.3. The molecule has 366 valence electrons. The lowest BCUT2D eigenvalue weighted by Gasteiger charge is -2.40. The minimum atomic E-state index is -1.61. The number of hydrogen-bond acceptors (Lipinski definition) is 9. The largest absolute Gasteiger partial charge is 0.394 e. The molecule has 0 radical (unpaired) electrons. The Morgan fingerprint density at radius 3 is 1.40 bits per heavy atom. The summed E-state index contributed by atoms with van der Waals surface area (Å²) in [4.78, 5) is 13.1. The van der Waals surface area contributed by atoms with Crippen molar-refractivity contribution in [2.45, 2.75) is 288 Å². The van der Waals surface area contributed by atoms with E-state index in [2.05, 4.69) is 31.3 Å². The Hall–Kier alpha value is -1.37. The number of hydrogen-bond donors (Lipinski definition) is 7. The van der Waals surface area contributed by atoms with Crippen LogP contribution in [0.15, 0.2) is 24.3 Å². The number of aliphatic hydroxyl groups excluding tert-OH is 6. The summed E-state index contributed by atoms with van der Waals surface area (Å²) < 4.78 is 11.1. The maximum absolute atomic E-state index is 13.1. The lowest BCUT2D eigenvalue weighted by molar-refractivity contribution is -0.302. The molecule has 0 aliphatic carbocycles. The normalized spacial score (nSPS) is 20.9. The Bertz CT molecular complexity index is 1040. The van der Waals surface area contributed by atoms with E-state index in [9.17, 15) is 35.4 Å². The van der Waals surface area contributed by atoms with Crippen LogP contribution in [0.4, 0.5) is 0 Å². The van der Waals surface area contributed by atoms with E-state index in [0.717, 1.165) is 38.5 Å². The molecule has 1 aliphatic heterocycles. The van der Waals surface area contributed by atoms with Gasteiger partial charge in [-0.25, -0.2) is 0 Å². The van der Waals surface area contributed by atoms with Gasteiger partial charge in [-0.3, -0.25) is 4.79 Å². The van der Waals surface area contributed by atoms with Gasteiger partial charge in [0.15, 0.2) is 6.29 Å². The predicted molar refractivity (Wildman–Crippen MR) is 255 cm³/mol. The van der Waals surface area contributed by atoms with E-state index in [0.29, 0.717) is 12.8 Å². The SMILES string of the molecule is CCCCCCCCC/C=C/CC/C=C/C(O)C(COC1OC(CO)C(O)C(O)C1O)NC(=O)C(O)CCCCCCCCCCCCCCCCCCCCCCCCCC. The van der Waals surface area contributed by atoms with E-state index in [1.807, 2.05) is 6.08 Å². The number of carbonyl (C=O) groups is 1. The van der Waals surface area contributed by atoms with Crippen LogP contribution in [0.25, 0.3) is 0 Å². The smallest absolute Gasteiger partial charge is 0.249 e. The van der Waals surface area contributed by atoms with Crippen molar-refractivity contribution < 1.29 is 44.9 Å². The number of amides is 1. The van der Waals surface area contributed by atoms with Crippen LogP contribution < -0.4 is 5.32 Å². The maximum atomic E-state index is 13.1. The first kappa shape index (κ1) is 58.6. The van der Waals surface area contributed by atoms with Crippen molar-refractivity contribution in [3.63, 3.8) is 0 Å². The lowest BCUT2D eigenvalue weighted by atomic mass is 9.99. The number of unbranched alkanes of at least 4 members (excludes halogenated alkanes) is 31. The molecule has 0 aromatic carbocycles. The lowest BCUT2D eigenvalue weighted by Crippen LogP contribution is -2.60. The molecule has 0 bridgehead atoms. The van der Waals surface area contributed by atoms with Crippen molar-refractivity contribution in [3.05, 3.63) is 24.3 Å². The van der Waals surface area contributed by atoms with Crippen LogP contribution >= 0.6 is 0 Å². The van der Waals surface area contributed by atoms with E-state index in [1.165, 1.54) is 173 Å². The summed E-state index contributed by atoms with van der Waals surface area (Å²) in [5, 5.41) is 64.7. The molecule has 62 heavy (non-hydrogen) atoms. The second kappa shape index (κ2) is 42.3. The number of allylic oxidation sites excluding steroid dienone is 3. The highest BCUT2D eigenvalue weighted by molar-refractivity contribution is 5.80. The van der Waals surface area contributed by atoms with Gasteiger partial charge in [0.25, 0.3) is 0 Å². The Kier molecular flexibility index (Phi) is 40.0. The van der Waals surface area contributed by atoms with Crippen molar-refractivity contribution in [2.24, 2.45) is 0 Å². The van der Waals surface area contributed by atoms with Gasteiger partial charge in [0, 0.05) is 0 Å². The van der Waals surface area contributed by atoms with E-state index < -0.39 is 61.5 Å². The van der Waals surface area contributed by atoms with Gasteiger partial charge < -0.3 is 45.4 Å². The van der Waals surface area contributed by atoms with Crippen LogP contribution in [0.1, 0.15) is 239 Å². The van der Waals surface area contributed by atoms with Gasteiger partial charge in [-0.05, 0) is 32.1 Å². The van der Waals surface area contributed by atoms with Crippen LogP contribution in [0.3, 0.4) is 0 Å². The zero-order chi connectivity index (χ0) is 45.3. The van der Waals surface area contributed by atoms with E-state index in [4.69, 9.17) is 9.47 Å². The number of aliphatic hydroxyl groups is 6. The quantitative estimate of drug-likeness (QED) is 0.0233. The summed E-state index contributed by atoms with van der Waals surface area (Å²) >= 11 is 0. The van der Waals surface area contributed by atoms with E-state index in [1.54, 1.807) is 6.08 Å².